The molecule has 0 saturated heterocycles. The molecule has 2 N–H and O–H groups in total. The third-order valence-electron chi connectivity index (χ3n) is 4.05. The lowest BCUT2D eigenvalue weighted by molar-refractivity contribution is 0.0602. The third kappa shape index (κ3) is 4.90. The smallest absolute Gasteiger partial charge is 0.339 e. The molecule has 7 heteroatoms. The Kier molecular flexibility index (Phi) is 6.42. The molecule has 0 aliphatic heterocycles. The second-order valence-corrected chi connectivity index (χ2v) is 5.98. The summed E-state index contributed by atoms with van der Waals surface area (Å²) in [5.74, 6) is 0.292. The number of ether oxygens (including phenoxy) is 2. The number of nitrogens with zero attached hydrogens (tertiary/aromatic N) is 1. The normalized spacial score (nSPS) is 10.1. The maximum absolute atomic E-state index is 12.7. The number of hydrogen-bond donors (Lipinski definition) is 2. The molecule has 148 valence electrons. The van der Waals surface area contributed by atoms with E-state index in [1.165, 1.54) is 13.3 Å². The summed E-state index contributed by atoms with van der Waals surface area (Å²) in [6.07, 6.45) is 1.53. The molecule has 0 aliphatic carbocycles. The Bertz CT molecular complexity index is 1020. The van der Waals surface area contributed by atoms with E-state index in [1.807, 2.05) is 31.2 Å². The number of aromatic nitrogens is 1. The summed E-state index contributed by atoms with van der Waals surface area (Å²) in [6.45, 7) is 2.44. The highest BCUT2D eigenvalue weighted by molar-refractivity contribution is 6.08. The van der Waals surface area contributed by atoms with Crippen molar-refractivity contribution in [2.45, 2.75) is 6.92 Å². The van der Waals surface area contributed by atoms with E-state index in [4.69, 9.17) is 9.47 Å². The molecule has 1 heterocycles. The number of carbonyl (C=O) groups is 2. The highest BCUT2D eigenvalue weighted by Crippen LogP contribution is 2.27. The molecule has 3 aromatic rings. The van der Waals surface area contributed by atoms with Crippen LogP contribution in [0.2, 0.25) is 0 Å². The lowest BCUT2D eigenvalue weighted by atomic mass is 10.1. The Labute approximate surface area is 168 Å². The summed E-state index contributed by atoms with van der Waals surface area (Å²) in [5.41, 5.74) is 1.78. The van der Waals surface area contributed by atoms with Crippen molar-refractivity contribution in [1.82, 2.24) is 4.98 Å². The molecule has 7 nitrogen and oxygen atoms in total. The van der Waals surface area contributed by atoms with Crippen molar-refractivity contribution in [3.05, 3.63) is 78.0 Å². The molecular formula is C22H21N3O4. The van der Waals surface area contributed by atoms with Gasteiger partial charge < -0.3 is 20.1 Å². The molecule has 0 aliphatic rings. The van der Waals surface area contributed by atoms with Crippen molar-refractivity contribution in [1.29, 1.82) is 0 Å². The first kappa shape index (κ1) is 19.9. The predicted octanol–water partition coefficient (Wildman–Crippen LogP) is 4.26. The number of benzene rings is 2. The van der Waals surface area contributed by atoms with Crippen LogP contribution in [0.1, 0.15) is 27.6 Å². The maximum Gasteiger partial charge on any atom is 0.339 e. The summed E-state index contributed by atoms with van der Waals surface area (Å²) < 4.78 is 10.4. The monoisotopic (exact) mass is 391 g/mol. The molecular weight excluding hydrogens is 370 g/mol. The van der Waals surface area contributed by atoms with Crippen LogP contribution in [0.5, 0.6) is 5.75 Å². The van der Waals surface area contributed by atoms with E-state index in [1.54, 1.807) is 36.4 Å². The average Bonchev–Trinajstić information content (AvgIpc) is 2.75. The molecule has 0 fully saturated rings. The van der Waals surface area contributed by atoms with Gasteiger partial charge in [0.05, 0.1) is 30.7 Å². The summed E-state index contributed by atoms with van der Waals surface area (Å²) in [4.78, 5) is 28.9. The van der Waals surface area contributed by atoms with Gasteiger partial charge in [-0.1, -0.05) is 24.3 Å². The number of anilines is 3. The van der Waals surface area contributed by atoms with Crippen molar-refractivity contribution in [2.24, 2.45) is 0 Å². The average molecular weight is 391 g/mol. The highest BCUT2D eigenvalue weighted by atomic mass is 16.5. The Hall–Kier alpha value is -3.87. The standard InChI is InChI=1S/C22H21N3O4/c1-3-29-19-11-7-6-10-18(19)24-20-14-15(12-13-23-20)21(26)25-17-9-5-4-8-16(17)22(27)28-2/h4-14H,3H2,1-2H3,(H,23,24)(H,25,26). The number of hydrogen-bond acceptors (Lipinski definition) is 6. The SMILES string of the molecule is CCOc1ccccc1Nc1cc(C(=O)Nc2ccccc2C(=O)OC)ccn1. The van der Waals surface area contributed by atoms with Crippen LogP contribution in [0.4, 0.5) is 17.2 Å². The van der Waals surface area contributed by atoms with Gasteiger partial charge >= 0.3 is 5.97 Å². The predicted molar refractivity (Wildman–Crippen MR) is 111 cm³/mol. The van der Waals surface area contributed by atoms with Crippen LogP contribution in [0.3, 0.4) is 0 Å². The van der Waals surface area contributed by atoms with Crippen molar-refractivity contribution in [3.63, 3.8) is 0 Å². The molecule has 0 radical (unpaired) electrons. The van der Waals surface area contributed by atoms with E-state index in [0.29, 0.717) is 29.4 Å². The first-order valence-corrected chi connectivity index (χ1v) is 9.06. The number of carbonyl (C=O) groups excluding carboxylic acids is 2. The molecule has 0 unspecified atom stereocenters. The van der Waals surface area contributed by atoms with Gasteiger partial charge in [-0.15, -0.1) is 0 Å². The zero-order valence-electron chi connectivity index (χ0n) is 16.1. The summed E-state index contributed by atoms with van der Waals surface area (Å²) in [7, 11) is 1.29. The zero-order chi connectivity index (χ0) is 20.6. The van der Waals surface area contributed by atoms with Gasteiger partial charge in [0.25, 0.3) is 5.91 Å². The minimum atomic E-state index is -0.523. The van der Waals surface area contributed by atoms with Crippen LogP contribution in [-0.2, 0) is 4.74 Å². The molecule has 3 rings (SSSR count). The van der Waals surface area contributed by atoms with Gasteiger partial charge in [-0.2, -0.15) is 0 Å². The summed E-state index contributed by atoms with van der Waals surface area (Å²) in [6, 6.07) is 17.4. The van der Waals surface area contributed by atoms with Gasteiger partial charge in [0.1, 0.15) is 11.6 Å². The fourth-order valence-corrected chi connectivity index (χ4v) is 2.70. The van der Waals surface area contributed by atoms with Gasteiger partial charge in [0.15, 0.2) is 0 Å². The van der Waals surface area contributed by atoms with Crippen molar-refractivity contribution in [2.75, 3.05) is 24.4 Å². The van der Waals surface area contributed by atoms with Crippen LogP contribution in [0.15, 0.2) is 66.9 Å². The van der Waals surface area contributed by atoms with Gasteiger partial charge in [-0.05, 0) is 43.3 Å². The quantitative estimate of drug-likeness (QED) is 0.585. The Balaban J connectivity index is 1.80. The minimum absolute atomic E-state index is 0.279. The lowest BCUT2D eigenvalue weighted by Crippen LogP contribution is -2.15. The molecule has 29 heavy (non-hydrogen) atoms. The summed E-state index contributed by atoms with van der Waals surface area (Å²) >= 11 is 0. The second-order valence-electron chi connectivity index (χ2n) is 5.98. The largest absolute Gasteiger partial charge is 0.492 e. The van der Waals surface area contributed by atoms with Crippen molar-refractivity contribution in [3.8, 4) is 5.75 Å². The maximum atomic E-state index is 12.7. The van der Waals surface area contributed by atoms with Gasteiger partial charge in [-0.25, -0.2) is 9.78 Å². The number of nitrogens with one attached hydrogen (secondary N) is 2. The number of para-hydroxylation sites is 3. The summed E-state index contributed by atoms with van der Waals surface area (Å²) in [5, 5.41) is 5.91. The highest BCUT2D eigenvalue weighted by Gasteiger charge is 2.15. The number of methoxy groups -OCH3 is 1. The lowest BCUT2D eigenvalue weighted by Gasteiger charge is -2.13. The van der Waals surface area contributed by atoms with Gasteiger partial charge in [0.2, 0.25) is 0 Å². The van der Waals surface area contributed by atoms with E-state index < -0.39 is 5.97 Å². The molecule has 0 spiro atoms. The molecule has 1 amide bonds. The van der Waals surface area contributed by atoms with Crippen LogP contribution >= 0.6 is 0 Å². The number of esters is 1. The van der Waals surface area contributed by atoms with Gasteiger partial charge in [-0.3, -0.25) is 4.79 Å². The van der Waals surface area contributed by atoms with Crippen molar-refractivity contribution >= 4 is 29.1 Å². The van der Waals surface area contributed by atoms with Crippen LogP contribution < -0.4 is 15.4 Å². The van der Waals surface area contributed by atoms with Gasteiger partial charge in [0, 0.05) is 11.8 Å². The molecule has 1 aromatic heterocycles. The van der Waals surface area contributed by atoms with Crippen LogP contribution in [0, 0.1) is 0 Å². The van der Waals surface area contributed by atoms with Crippen LogP contribution in [-0.4, -0.2) is 30.6 Å². The fourth-order valence-electron chi connectivity index (χ4n) is 2.70. The number of amides is 1. The Morgan fingerprint density at radius 3 is 2.48 bits per heavy atom. The fraction of sp³-hybridized carbons (Fsp3) is 0.136. The van der Waals surface area contributed by atoms with Crippen LogP contribution in [0.25, 0.3) is 0 Å². The molecule has 0 atom stereocenters. The second kappa shape index (κ2) is 9.36. The molecule has 0 bridgehead atoms. The number of pyridine rings is 1. The minimum Gasteiger partial charge on any atom is -0.492 e. The zero-order valence-corrected chi connectivity index (χ0v) is 16.1. The van der Waals surface area contributed by atoms with E-state index in [0.717, 1.165) is 5.69 Å². The topological polar surface area (TPSA) is 89.6 Å². The Morgan fingerprint density at radius 1 is 1.00 bits per heavy atom. The number of rotatable bonds is 7. The van der Waals surface area contributed by atoms with E-state index in [9.17, 15) is 9.59 Å². The van der Waals surface area contributed by atoms with Crippen molar-refractivity contribution < 1.29 is 19.1 Å². The Morgan fingerprint density at radius 2 is 1.72 bits per heavy atom. The first-order chi connectivity index (χ1) is 14.1. The first-order valence-electron chi connectivity index (χ1n) is 9.06. The van der Waals surface area contributed by atoms with E-state index in [-0.39, 0.29) is 11.5 Å². The molecule has 0 saturated carbocycles. The van der Waals surface area contributed by atoms with E-state index in [2.05, 4.69) is 15.6 Å². The van der Waals surface area contributed by atoms with E-state index >= 15 is 0 Å². The molecule has 2 aromatic carbocycles. The third-order valence-corrected chi connectivity index (χ3v) is 4.05.